The number of hydrogen-bond donors (Lipinski definition) is 2. The Kier molecular flexibility index (Phi) is 1.90. The molecule has 88 valence electrons. The van der Waals surface area contributed by atoms with E-state index in [0.717, 1.165) is 0 Å². The van der Waals surface area contributed by atoms with E-state index in [4.69, 9.17) is 9.15 Å². The highest BCUT2D eigenvalue weighted by Gasteiger charge is 2.48. The van der Waals surface area contributed by atoms with Gasteiger partial charge in [-0.1, -0.05) is 6.07 Å². The molecule has 17 heavy (non-hydrogen) atoms. The first-order valence-electron chi connectivity index (χ1n) is 5.06. The number of fused-ring (bicyclic) bond motifs is 1. The molecule has 0 bridgehead atoms. The summed E-state index contributed by atoms with van der Waals surface area (Å²) in [6.07, 6.45) is 0. The van der Waals surface area contributed by atoms with Crippen LogP contribution in [0.25, 0.3) is 11.1 Å². The summed E-state index contributed by atoms with van der Waals surface area (Å²) in [5.41, 5.74) is 0.530. The first-order valence-corrected chi connectivity index (χ1v) is 5.06. The lowest BCUT2D eigenvalue weighted by Crippen LogP contribution is -2.53. The van der Waals surface area contributed by atoms with E-state index in [1.54, 1.807) is 18.2 Å². The minimum Gasteiger partial charge on any atom is -0.480 e. The molecule has 1 fully saturated rings. The van der Waals surface area contributed by atoms with Crippen molar-refractivity contribution in [1.29, 1.82) is 0 Å². The van der Waals surface area contributed by atoms with E-state index in [9.17, 15) is 14.7 Å². The van der Waals surface area contributed by atoms with Gasteiger partial charge in [0.25, 0.3) is 0 Å². The molecule has 0 spiro atoms. The Bertz CT molecular complexity index is 649. The van der Waals surface area contributed by atoms with Crippen molar-refractivity contribution in [2.45, 2.75) is 5.41 Å². The molecular formula is C11H9NO5. The maximum absolute atomic E-state index is 11.3. The van der Waals surface area contributed by atoms with E-state index < -0.39 is 17.1 Å². The average Bonchev–Trinajstić information content (AvgIpc) is 2.54. The predicted molar refractivity (Wildman–Crippen MR) is 57.0 cm³/mol. The van der Waals surface area contributed by atoms with Gasteiger partial charge in [0.1, 0.15) is 5.41 Å². The molecule has 1 aromatic carbocycles. The number of nitrogens with one attached hydrogen (secondary N) is 1. The Morgan fingerprint density at radius 1 is 1.41 bits per heavy atom. The van der Waals surface area contributed by atoms with Crippen LogP contribution in [0.3, 0.4) is 0 Å². The Labute approximate surface area is 94.8 Å². The number of aromatic nitrogens is 1. The summed E-state index contributed by atoms with van der Waals surface area (Å²) in [6, 6.07) is 4.86. The highest BCUT2D eigenvalue weighted by Crippen LogP contribution is 2.33. The van der Waals surface area contributed by atoms with Crippen molar-refractivity contribution in [3.05, 3.63) is 34.3 Å². The third-order valence-electron chi connectivity index (χ3n) is 3.08. The summed E-state index contributed by atoms with van der Waals surface area (Å²) in [5.74, 6) is -1.47. The SMILES string of the molecule is O=C(O)C1(c2ccc3oc(=O)[nH]c3c2)COC1. The topological polar surface area (TPSA) is 92.5 Å². The highest BCUT2D eigenvalue weighted by atomic mass is 16.5. The first kappa shape index (κ1) is 10.1. The maximum atomic E-state index is 11.3. The van der Waals surface area contributed by atoms with Crippen LogP contribution in [0.1, 0.15) is 5.56 Å². The highest BCUT2D eigenvalue weighted by molar-refractivity contribution is 5.85. The van der Waals surface area contributed by atoms with Crippen molar-refractivity contribution in [2.75, 3.05) is 13.2 Å². The molecule has 0 unspecified atom stereocenters. The zero-order chi connectivity index (χ0) is 12.0. The van der Waals surface area contributed by atoms with Gasteiger partial charge in [-0.25, -0.2) is 4.79 Å². The fraction of sp³-hybridized carbons (Fsp3) is 0.273. The fourth-order valence-electron chi connectivity index (χ4n) is 1.97. The van der Waals surface area contributed by atoms with Gasteiger partial charge in [-0.15, -0.1) is 0 Å². The molecule has 1 aliphatic rings. The van der Waals surface area contributed by atoms with Gasteiger partial charge in [0, 0.05) is 0 Å². The van der Waals surface area contributed by atoms with Crippen molar-refractivity contribution >= 4 is 17.1 Å². The van der Waals surface area contributed by atoms with Crippen molar-refractivity contribution in [2.24, 2.45) is 0 Å². The number of benzene rings is 1. The molecule has 2 heterocycles. The van der Waals surface area contributed by atoms with Gasteiger partial charge in [-0.05, 0) is 17.7 Å². The molecule has 1 saturated heterocycles. The molecule has 0 amide bonds. The number of carboxylic acid groups (broad SMARTS) is 1. The normalized spacial score (nSPS) is 17.9. The van der Waals surface area contributed by atoms with Gasteiger partial charge >= 0.3 is 11.7 Å². The largest absolute Gasteiger partial charge is 0.480 e. The number of carboxylic acids is 1. The number of rotatable bonds is 2. The Balaban J connectivity index is 2.17. The standard InChI is InChI=1S/C11H9NO5/c13-9(14)11(4-16-5-11)6-1-2-8-7(3-6)12-10(15)17-8/h1-3H,4-5H2,(H,12,15)(H,13,14). The van der Waals surface area contributed by atoms with Crippen molar-refractivity contribution in [3.8, 4) is 0 Å². The minimum absolute atomic E-state index is 0.149. The number of aliphatic carboxylic acids is 1. The van der Waals surface area contributed by atoms with Crippen molar-refractivity contribution in [3.63, 3.8) is 0 Å². The number of carbonyl (C=O) groups is 1. The van der Waals surface area contributed by atoms with Gasteiger partial charge in [0.2, 0.25) is 0 Å². The molecular weight excluding hydrogens is 226 g/mol. The van der Waals surface area contributed by atoms with Crippen LogP contribution in [0, 0.1) is 0 Å². The van der Waals surface area contributed by atoms with Crippen LogP contribution >= 0.6 is 0 Å². The van der Waals surface area contributed by atoms with E-state index in [2.05, 4.69) is 4.98 Å². The summed E-state index contributed by atoms with van der Waals surface area (Å²) in [4.78, 5) is 24.8. The second kappa shape index (κ2) is 3.21. The van der Waals surface area contributed by atoms with Gasteiger partial charge in [0.05, 0.1) is 18.7 Å². The quantitative estimate of drug-likeness (QED) is 0.789. The Morgan fingerprint density at radius 2 is 2.18 bits per heavy atom. The number of H-pyrrole nitrogens is 1. The zero-order valence-corrected chi connectivity index (χ0v) is 8.73. The van der Waals surface area contributed by atoms with Crippen molar-refractivity contribution < 1.29 is 19.1 Å². The molecule has 6 heteroatoms. The number of hydrogen-bond acceptors (Lipinski definition) is 4. The maximum Gasteiger partial charge on any atom is 0.417 e. The van der Waals surface area contributed by atoms with E-state index >= 15 is 0 Å². The lowest BCUT2D eigenvalue weighted by atomic mass is 9.78. The smallest absolute Gasteiger partial charge is 0.417 e. The van der Waals surface area contributed by atoms with Crippen LogP contribution in [0.15, 0.2) is 27.4 Å². The van der Waals surface area contributed by atoms with Gasteiger partial charge in [-0.2, -0.15) is 0 Å². The van der Waals surface area contributed by atoms with Gasteiger partial charge in [-0.3, -0.25) is 9.78 Å². The average molecular weight is 235 g/mol. The number of oxazole rings is 1. The molecule has 0 atom stereocenters. The molecule has 2 N–H and O–H groups in total. The summed E-state index contributed by atoms with van der Waals surface area (Å²) in [5, 5.41) is 9.24. The molecule has 0 aliphatic carbocycles. The molecule has 6 nitrogen and oxygen atoms in total. The van der Waals surface area contributed by atoms with Crippen LogP contribution in [0.4, 0.5) is 0 Å². The summed E-state index contributed by atoms with van der Waals surface area (Å²) in [7, 11) is 0. The fourth-order valence-corrected chi connectivity index (χ4v) is 1.97. The molecule has 1 aromatic heterocycles. The molecule has 1 aliphatic heterocycles. The van der Waals surface area contributed by atoms with Gasteiger partial charge < -0.3 is 14.3 Å². The number of ether oxygens (including phenoxy) is 1. The Hall–Kier alpha value is -2.08. The molecule has 0 radical (unpaired) electrons. The number of aromatic amines is 1. The van der Waals surface area contributed by atoms with Crippen LogP contribution < -0.4 is 5.76 Å². The van der Waals surface area contributed by atoms with Crippen LogP contribution in [0.5, 0.6) is 0 Å². The third-order valence-corrected chi connectivity index (χ3v) is 3.08. The Morgan fingerprint density at radius 3 is 2.76 bits per heavy atom. The predicted octanol–water partition coefficient (Wildman–Crippen LogP) is 0.474. The second-order valence-electron chi connectivity index (χ2n) is 4.11. The molecule has 3 rings (SSSR count). The van der Waals surface area contributed by atoms with Crippen molar-refractivity contribution in [1.82, 2.24) is 4.98 Å². The molecule has 2 aromatic rings. The van der Waals surface area contributed by atoms with Crippen LogP contribution in [-0.2, 0) is 14.9 Å². The monoisotopic (exact) mass is 235 g/mol. The second-order valence-corrected chi connectivity index (χ2v) is 4.11. The first-order chi connectivity index (χ1) is 8.12. The van der Waals surface area contributed by atoms with E-state index in [1.807, 2.05) is 0 Å². The van der Waals surface area contributed by atoms with Crippen LogP contribution in [-0.4, -0.2) is 29.3 Å². The minimum atomic E-state index is -0.998. The lowest BCUT2D eigenvalue weighted by molar-refractivity contribution is -0.163. The van der Waals surface area contributed by atoms with E-state index in [0.29, 0.717) is 16.7 Å². The molecule has 0 saturated carbocycles. The lowest BCUT2D eigenvalue weighted by Gasteiger charge is -2.37. The van der Waals surface area contributed by atoms with E-state index in [1.165, 1.54) is 0 Å². The summed E-state index contributed by atoms with van der Waals surface area (Å²) in [6.45, 7) is 0.297. The van der Waals surface area contributed by atoms with E-state index in [-0.39, 0.29) is 13.2 Å². The summed E-state index contributed by atoms with van der Waals surface area (Å²) < 4.78 is 9.85. The van der Waals surface area contributed by atoms with Crippen LogP contribution in [0.2, 0.25) is 0 Å². The summed E-state index contributed by atoms with van der Waals surface area (Å²) >= 11 is 0. The zero-order valence-electron chi connectivity index (χ0n) is 8.73. The third kappa shape index (κ3) is 1.31. The van der Waals surface area contributed by atoms with Gasteiger partial charge in [0.15, 0.2) is 5.58 Å².